The first kappa shape index (κ1) is 23.5. The van der Waals surface area contributed by atoms with Crippen molar-refractivity contribution in [2.75, 3.05) is 33.8 Å². The molecule has 0 bridgehead atoms. The maximum absolute atomic E-state index is 5.43. The molecular formula is C19H32BrIN4O. The van der Waals surface area contributed by atoms with Gasteiger partial charge in [-0.25, -0.2) is 0 Å². The molecule has 2 N–H and O–H groups in total. The van der Waals surface area contributed by atoms with E-state index in [0.29, 0.717) is 12.6 Å². The Labute approximate surface area is 183 Å². The molecule has 1 fully saturated rings. The highest BCUT2D eigenvalue weighted by atomic mass is 127. The van der Waals surface area contributed by atoms with Crippen LogP contribution in [-0.4, -0.2) is 50.7 Å². The number of aliphatic imine (C=N–C) groups is 1. The zero-order valence-corrected chi connectivity index (χ0v) is 20.1. The van der Waals surface area contributed by atoms with E-state index in [0.717, 1.165) is 53.6 Å². The van der Waals surface area contributed by atoms with Gasteiger partial charge in [-0.2, -0.15) is 0 Å². The highest BCUT2D eigenvalue weighted by Crippen LogP contribution is 2.22. The fourth-order valence-corrected chi connectivity index (χ4v) is 3.64. The molecule has 1 aliphatic heterocycles. The van der Waals surface area contributed by atoms with Crippen LogP contribution in [0.25, 0.3) is 0 Å². The number of hydrogen-bond donors (Lipinski definition) is 2. The van der Waals surface area contributed by atoms with Gasteiger partial charge in [0, 0.05) is 49.3 Å². The van der Waals surface area contributed by atoms with Crippen molar-refractivity contribution in [1.29, 1.82) is 0 Å². The van der Waals surface area contributed by atoms with Gasteiger partial charge in [0.25, 0.3) is 0 Å². The molecule has 0 aliphatic carbocycles. The largest absolute Gasteiger partial charge is 0.496 e. The number of nitrogens with one attached hydrogen (secondary N) is 2. The Balaban J connectivity index is 0.00000338. The first-order chi connectivity index (χ1) is 12.0. The molecule has 0 spiro atoms. The lowest BCUT2D eigenvalue weighted by atomic mass is 10.0. The van der Waals surface area contributed by atoms with Gasteiger partial charge in [-0.15, -0.1) is 24.0 Å². The second-order valence-corrected chi connectivity index (χ2v) is 7.91. The Kier molecular flexibility index (Phi) is 10.9. The molecule has 0 radical (unpaired) electrons. The number of methoxy groups -OCH3 is 1. The van der Waals surface area contributed by atoms with E-state index in [1.807, 2.05) is 19.2 Å². The lowest BCUT2D eigenvalue weighted by molar-refractivity contribution is 0.187. The van der Waals surface area contributed by atoms with Gasteiger partial charge < -0.3 is 20.3 Å². The van der Waals surface area contributed by atoms with Crippen LogP contribution in [0.1, 0.15) is 32.3 Å². The van der Waals surface area contributed by atoms with Crippen molar-refractivity contribution in [3.63, 3.8) is 0 Å². The Morgan fingerprint density at radius 2 is 2.04 bits per heavy atom. The minimum absolute atomic E-state index is 0. The van der Waals surface area contributed by atoms with Gasteiger partial charge in [-0.1, -0.05) is 29.8 Å². The molecule has 1 saturated heterocycles. The molecule has 0 atom stereocenters. The summed E-state index contributed by atoms with van der Waals surface area (Å²) < 4.78 is 6.48. The quantitative estimate of drug-likeness (QED) is 0.328. The Bertz CT molecular complexity index is 575. The van der Waals surface area contributed by atoms with E-state index in [9.17, 15) is 0 Å². The van der Waals surface area contributed by atoms with Crippen LogP contribution in [0, 0.1) is 5.92 Å². The van der Waals surface area contributed by atoms with Gasteiger partial charge in [-0.05, 0) is 37.0 Å². The molecule has 0 saturated carbocycles. The van der Waals surface area contributed by atoms with Crippen LogP contribution < -0.4 is 15.4 Å². The van der Waals surface area contributed by atoms with E-state index in [1.165, 1.54) is 6.54 Å². The molecule has 0 aromatic heterocycles. The van der Waals surface area contributed by atoms with Gasteiger partial charge in [0.15, 0.2) is 5.96 Å². The lowest BCUT2D eigenvalue weighted by Gasteiger charge is -2.34. The summed E-state index contributed by atoms with van der Waals surface area (Å²) in [5, 5.41) is 6.96. The average Bonchev–Trinajstić information content (AvgIpc) is 2.59. The highest BCUT2D eigenvalue weighted by Gasteiger charge is 2.20. The summed E-state index contributed by atoms with van der Waals surface area (Å²) >= 11 is 3.52. The number of ether oxygens (including phenoxy) is 1. The molecule has 1 heterocycles. The molecular weight excluding hydrogens is 507 g/mol. The van der Waals surface area contributed by atoms with E-state index in [1.54, 1.807) is 7.11 Å². The van der Waals surface area contributed by atoms with E-state index < -0.39 is 0 Å². The Morgan fingerprint density at radius 3 is 2.62 bits per heavy atom. The fourth-order valence-electron chi connectivity index (χ4n) is 3.23. The summed E-state index contributed by atoms with van der Waals surface area (Å²) in [6.07, 6.45) is 2.32. The van der Waals surface area contributed by atoms with Gasteiger partial charge in [0.2, 0.25) is 0 Å². The first-order valence-electron chi connectivity index (χ1n) is 9.03. The number of guanidine groups is 1. The minimum Gasteiger partial charge on any atom is -0.496 e. The van der Waals surface area contributed by atoms with Crippen LogP contribution in [0.5, 0.6) is 5.75 Å². The number of nitrogens with zero attached hydrogens (tertiary/aromatic N) is 2. The van der Waals surface area contributed by atoms with E-state index >= 15 is 0 Å². The average molecular weight is 539 g/mol. The molecule has 2 rings (SSSR count). The van der Waals surface area contributed by atoms with Crippen molar-refractivity contribution in [3.05, 3.63) is 28.2 Å². The highest BCUT2D eigenvalue weighted by molar-refractivity contribution is 14.0. The maximum Gasteiger partial charge on any atom is 0.191 e. The molecule has 1 aliphatic rings. The van der Waals surface area contributed by atoms with Crippen LogP contribution in [0.4, 0.5) is 0 Å². The zero-order valence-electron chi connectivity index (χ0n) is 16.2. The second kappa shape index (κ2) is 12.0. The number of benzene rings is 1. The number of halogens is 2. The van der Waals surface area contributed by atoms with Crippen molar-refractivity contribution >= 4 is 45.9 Å². The normalized spacial score (nSPS) is 16.3. The van der Waals surface area contributed by atoms with Gasteiger partial charge >= 0.3 is 0 Å². The van der Waals surface area contributed by atoms with Gasteiger partial charge in [0.1, 0.15) is 5.75 Å². The predicted octanol–water partition coefficient (Wildman–Crippen LogP) is 3.86. The topological polar surface area (TPSA) is 48.9 Å². The fraction of sp³-hybridized carbons (Fsp3) is 0.632. The number of rotatable bonds is 6. The third kappa shape index (κ3) is 7.60. The molecule has 1 aromatic rings. The van der Waals surface area contributed by atoms with Crippen LogP contribution >= 0.6 is 39.9 Å². The van der Waals surface area contributed by atoms with Crippen LogP contribution in [0.3, 0.4) is 0 Å². The zero-order chi connectivity index (χ0) is 18.2. The van der Waals surface area contributed by atoms with Crippen LogP contribution in [0.15, 0.2) is 27.7 Å². The lowest BCUT2D eigenvalue weighted by Crippen LogP contribution is -2.49. The van der Waals surface area contributed by atoms with E-state index in [4.69, 9.17) is 4.74 Å². The second-order valence-electron chi connectivity index (χ2n) is 7.00. The predicted molar refractivity (Wildman–Crippen MR) is 124 cm³/mol. The minimum atomic E-state index is 0. The molecule has 148 valence electrons. The number of piperidine rings is 1. The SMILES string of the molecule is CN=C(NCc1cc(Br)ccc1OC)NC1CCN(CC(C)C)CC1.I. The first-order valence-corrected chi connectivity index (χ1v) is 9.83. The van der Waals surface area contributed by atoms with Gasteiger partial charge in [0.05, 0.1) is 7.11 Å². The van der Waals surface area contributed by atoms with Crippen molar-refractivity contribution in [3.8, 4) is 5.75 Å². The molecule has 0 amide bonds. The van der Waals surface area contributed by atoms with Crippen LogP contribution in [-0.2, 0) is 6.54 Å². The smallest absolute Gasteiger partial charge is 0.191 e. The summed E-state index contributed by atoms with van der Waals surface area (Å²) in [7, 11) is 3.52. The monoisotopic (exact) mass is 538 g/mol. The maximum atomic E-state index is 5.43. The van der Waals surface area contributed by atoms with Crippen molar-refractivity contribution in [2.45, 2.75) is 39.3 Å². The van der Waals surface area contributed by atoms with Crippen LogP contribution in [0.2, 0.25) is 0 Å². The Hall–Kier alpha value is -0.540. The summed E-state index contributed by atoms with van der Waals surface area (Å²) in [6.45, 7) is 8.76. The molecule has 0 unspecified atom stereocenters. The third-order valence-corrected chi connectivity index (χ3v) is 4.96. The van der Waals surface area contributed by atoms with Crippen molar-refractivity contribution in [2.24, 2.45) is 10.9 Å². The molecule has 26 heavy (non-hydrogen) atoms. The molecule has 5 nitrogen and oxygen atoms in total. The summed E-state index contributed by atoms with van der Waals surface area (Å²) in [6, 6.07) is 6.52. The molecule has 7 heteroatoms. The Morgan fingerprint density at radius 1 is 1.35 bits per heavy atom. The summed E-state index contributed by atoms with van der Waals surface area (Å²) in [5.74, 6) is 2.47. The summed E-state index contributed by atoms with van der Waals surface area (Å²) in [5.41, 5.74) is 1.10. The number of likely N-dealkylation sites (tertiary alicyclic amines) is 1. The summed E-state index contributed by atoms with van der Waals surface area (Å²) in [4.78, 5) is 6.93. The number of hydrogen-bond acceptors (Lipinski definition) is 3. The van der Waals surface area contributed by atoms with Gasteiger partial charge in [-0.3, -0.25) is 4.99 Å². The van der Waals surface area contributed by atoms with Crippen molar-refractivity contribution in [1.82, 2.24) is 15.5 Å². The van der Waals surface area contributed by atoms with E-state index in [-0.39, 0.29) is 24.0 Å². The third-order valence-electron chi connectivity index (χ3n) is 4.46. The standard InChI is InChI=1S/C19H31BrN4O.HI/c1-14(2)13-24-9-7-17(8-10-24)23-19(21-3)22-12-15-11-16(20)5-6-18(15)25-4;/h5-6,11,14,17H,7-10,12-13H2,1-4H3,(H2,21,22,23);1H. The van der Waals surface area contributed by atoms with E-state index in [2.05, 4.69) is 56.4 Å². The van der Waals surface area contributed by atoms with Crippen molar-refractivity contribution < 1.29 is 4.74 Å². The molecule has 1 aromatic carbocycles.